The van der Waals surface area contributed by atoms with Gasteiger partial charge in [-0.15, -0.1) is 0 Å². The van der Waals surface area contributed by atoms with E-state index in [-0.39, 0.29) is 5.78 Å². The van der Waals surface area contributed by atoms with Crippen LogP contribution in [0.3, 0.4) is 0 Å². The standard InChI is InChI=1S/C21H16O4/c1-24-21(23)16-11-13-17(14-12-16)25-19-10-6-5-9-18(19)20(22)15-7-3-2-4-8-15/h2-14H,1H3. The Bertz CT molecular complexity index is 883. The monoisotopic (exact) mass is 332 g/mol. The highest BCUT2D eigenvalue weighted by Gasteiger charge is 2.15. The van der Waals surface area contributed by atoms with E-state index < -0.39 is 5.97 Å². The van der Waals surface area contributed by atoms with Gasteiger partial charge in [0.25, 0.3) is 0 Å². The molecule has 0 unspecified atom stereocenters. The maximum absolute atomic E-state index is 12.7. The lowest BCUT2D eigenvalue weighted by Gasteiger charge is -2.11. The van der Waals surface area contributed by atoms with Crippen molar-refractivity contribution >= 4 is 11.8 Å². The number of esters is 1. The van der Waals surface area contributed by atoms with E-state index in [1.54, 1.807) is 60.7 Å². The van der Waals surface area contributed by atoms with Gasteiger partial charge in [-0.1, -0.05) is 42.5 Å². The molecular weight excluding hydrogens is 316 g/mol. The van der Waals surface area contributed by atoms with Crippen LogP contribution in [0.5, 0.6) is 11.5 Å². The summed E-state index contributed by atoms with van der Waals surface area (Å²) in [6, 6.07) is 22.7. The highest BCUT2D eigenvalue weighted by molar-refractivity contribution is 6.10. The van der Waals surface area contributed by atoms with Crippen LogP contribution in [-0.2, 0) is 4.74 Å². The van der Waals surface area contributed by atoms with Gasteiger partial charge in [0.05, 0.1) is 18.2 Å². The average molecular weight is 332 g/mol. The van der Waals surface area contributed by atoms with Crippen molar-refractivity contribution < 1.29 is 19.1 Å². The number of methoxy groups -OCH3 is 1. The fraction of sp³-hybridized carbons (Fsp3) is 0.0476. The van der Waals surface area contributed by atoms with E-state index >= 15 is 0 Å². The van der Waals surface area contributed by atoms with E-state index in [1.165, 1.54) is 7.11 Å². The lowest BCUT2D eigenvalue weighted by atomic mass is 10.0. The van der Waals surface area contributed by atoms with Gasteiger partial charge >= 0.3 is 5.97 Å². The number of ketones is 1. The predicted molar refractivity (Wildman–Crippen MR) is 94.2 cm³/mol. The number of para-hydroxylation sites is 1. The second kappa shape index (κ2) is 7.45. The summed E-state index contributed by atoms with van der Waals surface area (Å²) in [5, 5.41) is 0. The van der Waals surface area contributed by atoms with E-state index in [4.69, 9.17) is 4.74 Å². The fourth-order valence-corrected chi connectivity index (χ4v) is 2.39. The van der Waals surface area contributed by atoms with Crippen LogP contribution in [-0.4, -0.2) is 18.9 Å². The van der Waals surface area contributed by atoms with Crippen molar-refractivity contribution in [3.8, 4) is 11.5 Å². The summed E-state index contributed by atoms with van der Waals surface area (Å²) in [6.07, 6.45) is 0. The Morgan fingerprint density at radius 1 is 0.720 bits per heavy atom. The molecule has 0 bridgehead atoms. The van der Waals surface area contributed by atoms with Crippen molar-refractivity contribution in [2.45, 2.75) is 0 Å². The quantitative estimate of drug-likeness (QED) is 0.510. The van der Waals surface area contributed by atoms with Crippen LogP contribution in [0.4, 0.5) is 0 Å². The van der Waals surface area contributed by atoms with Crippen molar-refractivity contribution in [3.05, 3.63) is 95.6 Å². The summed E-state index contributed by atoms with van der Waals surface area (Å²) in [7, 11) is 1.33. The van der Waals surface area contributed by atoms with Gasteiger partial charge in [0.1, 0.15) is 11.5 Å². The third kappa shape index (κ3) is 3.75. The van der Waals surface area contributed by atoms with Gasteiger partial charge in [0.2, 0.25) is 0 Å². The van der Waals surface area contributed by atoms with Gasteiger partial charge < -0.3 is 9.47 Å². The van der Waals surface area contributed by atoms with Gasteiger partial charge in [-0.05, 0) is 36.4 Å². The molecule has 0 atom stereocenters. The second-order valence-corrected chi connectivity index (χ2v) is 5.31. The van der Waals surface area contributed by atoms with Crippen LogP contribution in [0.2, 0.25) is 0 Å². The highest BCUT2D eigenvalue weighted by atomic mass is 16.5. The number of benzene rings is 3. The molecule has 0 N–H and O–H groups in total. The Kier molecular flexibility index (Phi) is 4.90. The van der Waals surface area contributed by atoms with Crippen molar-refractivity contribution in [2.24, 2.45) is 0 Å². The first-order valence-corrected chi connectivity index (χ1v) is 7.74. The van der Waals surface area contributed by atoms with Crippen LogP contribution in [0.25, 0.3) is 0 Å². The highest BCUT2D eigenvalue weighted by Crippen LogP contribution is 2.27. The molecule has 0 heterocycles. The smallest absolute Gasteiger partial charge is 0.337 e. The van der Waals surface area contributed by atoms with Gasteiger partial charge in [0.15, 0.2) is 5.78 Å². The molecule has 0 aliphatic carbocycles. The van der Waals surface area contributed by atoms with Crippen LogP contribution in [0.15, 0.2) is 78.9 Å². The first-order chi connectivity index (χ1) is 12.2. The Labute approximate surface area is 145 Å². The molecule has 0 amide bonds. The first kappa shape index (κ1) is 16.5. The topological polar surface area (TPSA) is 52.6 Å². The van der Waals surface area contributed by atoms with Crippen molar-refractivity contribution in [2.75, 3.05) is 7.11 Å². The van der Waals surface area contributed by atoms with Gasteiger partial charge in [-0.25, -0.2) is 4.79 Å². The zero-order valence-corrected chi connectivity index (χ0v) is 13.6. The van der Waals surface area contributed by atoms with Crippen molar-refractivity contribution in [1.29, 1.82) is 0 Å². The third-order valence-electron chi connectivity index (χ3n) is 3.67. The number of carbonyl (C=O) groups excluding carboxylic acids is 2. The van der Waals surface area contributed by atoms with Crippen molar-refractivity contribution in [3.63, 3.8) is 0 Å². The molecule has 0 fully saturated rings. The fourth-order valence-electron chi connectivity index (χ4n) is 2.39. The Balaban J connectivity index is 1.86. The molecule has 4 heteroatoms. The van der Waals surface area contributed by atoms with Crippen LogP contribution in [0.1, 0.15) is 26.3 Å². The maximum atomic E-state index is 12.7. The van der Waals surface area contributed by atoms with Crippen molar-refractivity contribution in [1.82, 2.24) is 0 Å². The molecular formula is C21H16O4. The third-order valence-corrected chi connectivity index (χ3v) is 3.67. The molecule has 25 heavy (non-hydrogen) atoms. The predicted octanol–water partition coefficient (Wildman–Crippen LogP) is 4.50. The number of hydrogen-bond acceptors (Lipinski definition) is 4. The average Bonchev–Trinajstić information content (AvgIpc) is 2.68. The summed E-state index contributed by atoms with van der Waals surface area (Å²) in [5.74, 6) is 0.469. The Morgan fingerprint density at radius 2 is 1.36 bits per heavy atom. The number of hydrogen-bond donors (Lipinski definition) is 0. The zero-order valence-electron chi connectivity index (χ0n) is 13.6. The Morgan fingerprint density at radius 3 is 2.04 bits per heavy atom. The minimum atomic E-state index is -0.411. The van der Waals surface area contributed by atoms with Gasteiger partial charge in [-0.2, -0.15) is 0 Å². The van der Waals surface area contributed by atoms with E-state index in [0.29, 0.717) is 28.2 Å². The molecule has 124 valence electrons. The Hall–Kier alpha value is -3.40. The summed E-state index contributed by atoms with van der Waals surface area (Å²) in [4.78, 5) is 24.2. The summed E-state index contributed by atoms with van der Waals surface area (Å²) in [5.41, 5.74) is 1.51. The summed E-state index contributed by atoms with van der Waals surface area (Å²) < 4.78 is 10.5. The van der Waals surface area contributed by atoms with E-state index in [9.17, 15) is 9.59 Å². The van der Waals surface area contributed by atoms with Crippen LogP contribution in [0, 0.1) is 0 Å². The number of rotatable bonds is 5. The van der Waals surface area contributed by atoms with Crippen LogP contribution >= 0.6 is 0 Å². The molecule has 0 aliphatic heterocycles. The van der Waals surface area contributed by atoms with Crippen LogP contribution < -0.4 is 4.74 Å². The molecule has 3 rings (SSSR count). The molecule has 0 aromatic heterocycles. The van der Waals surface area contributed by atoms with Gasteiger partial charge in [0, 0.05) is 5.56 Å². The SMILES string of the molecule is COC(=O)c1ccc(Oc2ccccc2C(=O)c2ccccc2)cc1. The molecule has 3 aromatic rings. The molecule has 0 aliphatic rings. The number of ether oxygens (including phenoxy) is 2. The number of carbonyl (C=O) groups is 2. The lowest BCUT2D eigenvalue weighted by molar-refractivity contribution is 0.0600. The van der Waals surface area contributed by atoms with E-state index in [2.05, 4.69) is 4.74 Å². The lowest BCUT2D eigenvalue weighted by Crippen LogP contribution is -2.03. The molecule has 3 aromatic carbocycles. The zero-order chi connectivity index (χ0) is 17.6. The largest absolute Gasteiger partial charge is 0.465 e. The van der Waals surface area contributed by atoms with E-state index in [0.717, 1.165) is 0 Å². The normalized spacial score (nSPS) is 10.1. The molecule has 0 spiro atoms. The second-order valence-electron chi connectivity index (χ2n) is 5.31. The summed E-state index contributed by atoms with van der Waals surface area (Å²) >= 11 is 0. The van der Waals surface area contributed by atoms with Gasteiger partial charge in [-0.3, -0.25) is 4.79 Å². The molecule has 4 nitrogen and oxygen atoms in total. The molecule has 0 radical (unpaired) electrons. The maximum Gasteiger partial charge on any atom is 0.337 e. The summed E-state index contributed by atoms with van der Waals surface area (Å²) in [6.45, 7) is 0. The molecule has 0 saturated heterocycles. The minimum Gasteiger partial charge on any atom is -0.465 e. The first-order valence-electron chi connectivity index (χ1n) is 7.74. The molecule has 0 saturated carbocycles. The minimum absolute atomic E-state index is 0.109. The van der Waals surface area contributed by atoms with E-state index in [1.807, 2.05) is 18.2 Å².